The molecular formula is C10H16N4O. The van der Waals surface area contributed by atoms with Crippen molar-refractivity contribution in [2.75, 3.05) is 37.4 Å². The minimum absolute atomic E-state index is 0.464. The smallest absolute Gasteiger partial charge is 0.134 e. The highest BCUT2D eigenvalue weighted by molar-refractivity contribution is 5.46. The summed E-state index contributed by atoms with van der Waals surface area (Å²) < 4.78 is 5.02. The molecule has 1 aromatic heterocycles. The Morgan fingerprint density at radius 3 is 3.00 bits per heavy atom. The topological polar surface area (TPSA) is 64.3 Å². The van der Waals surface area contributed by atoms with Gasteiger partial charge in [-0.2, -0.15) is 0 Å². The van der Waals surface area contributed by atoms with Gasteiger partial charge in [0.1, 0.15) is 18.0 Å². The summed E-state index contributed by atoms with van der Waals surface area (Å²) in [6, 6.07) is 1.74. The molecule has 0 spiro atoms. The summed E-state index contributed by atoms with van der Waals surface area (Å²) in [6.07, 6.45) is 3.27. The van der Waals surface area contributed by atoms with E-state index in [0.29, 0.717) is 19.0 Å². The molecule has 1 rings (SSSR count). The van der Waals surface area contributed by atoms with Crippen molar-refractivity contribution in [3.05, 3.63) is 25.0 Å². The van der Waals surface area contributed by atoms with Crippen LogP contribution in [-0.4, -0.2) is 36.8 Å². The molecule has 0 atom stereocenters. The van der Waals surface area contributed by atoms with Crippen LogP contribution < -0.4 is 10.6 Å². The minimum atomic E-state index is 0.464. The van der Waals surface area contributed by atoms with Crippen molar-refractivity contribution in [3.63, 3.8) is 0 Å². The van der Waals surface area contributed by atoms with Gasteiger partial charge in [-0.15, -0.1) is 6.58 Å². The summed E-state index contributed by atoms with van der Waals surface area (Å²) in [6.45, 7) is 5.79. The Labute approximate surface area is 89.6 Å². The standard InChI is InChI=1S/C10H16N4O/c1-3-4-14(5-6-15-2)10-7-9(11)12-8-13-10/h3,7-8H,1,4-6H2,2H3,(H2,11,12,13). The highest BCUT2D eigenvalue weighted by Crippen LogP contribution is 2.11. The Bertz CT molecular complexity index is 316. The van der Waals surface area contributed by atoms with E-state index in [2.05, 4.69) is 16.5 Å². The highest BCUT2D eigenvalue weighted by atomic mass is 16.5. The number of anilines is 2. The molecule has 0 aliphatic carbocycles. The van der Waals surface area contributed by atoms with Crippen LogP contribution in [0.4, 0.5) is 11.6 Å². The average molecular weight is 208 g/mol. The Morgan fingerprint density at radius 2 is 2.40 bits per heavy atom. The maximum Gasteiger partial charge on any atom is 0.134 e. The molecule has 0 unspecified atom stereocenters. The highest BCUT2D eigenvalue weighted by Gasteiger charge is 2.06. The number of ether oxygens (including phenoxy) is 1. The Morgan fingerprint density at radius 1 is 1.60 bits per heavy atom. The lowest BCUT2D eigenvalue weighted by Crippen LogP contribution is -2.28. The third-order valence-corrected chi connectivity index (χ3v) is 1.91. The van der Waals surface area contributed by atoms with Crippen LogP contribution in [0.5, 0.6) is 0 Å². The van der Waals surface area contributed by atoms with Crippen molar-refractivity contribution in [3.8, 4) is 0 Å². The predicted molar refractivity (Wildman–Crippen MR) is 60.7 cm³/mol. The zero-order valence-electron chi connectivity index (χ0n) is 8.89. The first-order valence-corrected chi connectivity index (χ1v) is 4.70. The van der Waals surface area contributed by atoms with Crippen LogP contribution in [0.2, 0.25) is 0 Å². The van der Waals surface area contributed by atoms with Gasteiger partial charge in [0.2, 0.25) is 0 Å². The van der Waals surface area contributed by atoms with E-state index in [-0.39, 0.29) is 0 Å². The first-order chi connectivity index (χ1) is 7.27. The van der Waals surface area contributed by atoms with Crippen molar-refractivity contribution < 1.29 is 4.74 Å². The third kappa shape index (κ3) is 3.55. The van der Waals surface area contributed by atoms with Crippen molar-refractivity contribution in [1.29, 1.82) is 0 Å². The summed E-state index contributed by atoms with van der Waals surface area (Å²) in [5.41, 5.74) is 5.59. The largest absolute Gasteiger partial charge is 0.384 e. The molecule has 1 heterocycles. The van der Waals surface area contributed by atoms with Crippen LogP contribution in [0.1, 0.15) is 0 Å². The lowest BCUT2D eigenvalue weighted by molar-refractivity contribution is 0.205. The predicted octanol–water partition coefficient (Wildman–Crippen LogP) is 0.698. The van der Waals surface area contributed by atoms with Gasteiger partial charge in [-0.3, -0.25) is 0 Å². The number of aromatic nitrogens is 2. The molecular weight excluding hydrogens is 192 g/mol. The summed E-state index contributed by atoms with van der Waals surface area (Å²) >= 11 is 0. The number of rotatable bonds is 6. The van der Waals surface area contributed by atoms with Gasteiger partial charge in [0.05, 0.1) is 6.61 Å². The SMILES string of the molecule is C=CCN(CCOC)c1cc(N)ncn1. The van der Waals surface area contributed by atoms with Gasteiger partial charge < -0.3 is 15.4 Å². The monoisotopic (exact) mass is 208 g/mol. The van der Waals surface area contributed by atoms with Gasteiger partial charge in [0, 0.05) is 26.3 Å². The summed E-state index contributed by atoms with van der Waals surface area (Å²) in [5.74, 6) is 1.26. The molecule has 5 nitrogen and oxygen atoms in total. The molecule has 5 heteroatoms. The second kappa shape index (κ2) is 5.98. The molecule has 0 bridgehead atoms. The van der Waals surface area contributed by atoms with Gasteiger partial charge in [0.25, 0.3) is 0 Å². The lowest BCUT2D eigenvalue weighted by atomic mass is 10.4. The maximum absolute atomic E-state index is 5.59. The first-order valence-electron chi connectivity index (χ1n) is 4.70. The maximum atomic E-state index is 5.59. The van der Waals surface area contributed by atoms with Gasteiger partial charge in [-0.05, 0) is 0 Å². The molecule has 0 saturated carbocycles. The molecule has 0 aromatic carbocycles. The molecule has 0 radical (unpaired) electrons. The first kappa shape index (κ1) is 11.5. The molecule has 82 valence electrons. The Balaban J connectivity index is 2.73. The van der Waals surface area contributed by atoms with Crippen molar-refractivity contribution >= 4 is 11.6 Å². The van der Waals surface area contributed by atoms with Gasteiger partial charge in [-0.25, -0.2) is 9.97 Å². The number of nitrogens with zero attached hydrogens (tertiary/aromatic N) is 3. The normalized spacial score (nSPS) is 9.93. The molecule has 0 amide bonds. The van der Waals surface area contributed by atoms with Crippen LogP contribution in [0.3, 0.4) is 0 Å². The Kier molecular flexibility index (Phi) is 4.56. The molecule has 0 aliphatic rings. The van der Waals surface area contributed by atoms with E-state index in [1.165, 1.54) is 6.33 Å². The van der Waals surface area contributed by atoms with Gasteiger partial charge in [-0.1, -0.05) is 6.08 Å². The Hall–Kier alpha value is -1.62. The zero-order valence-corrected chi connectivity index (χ0v) is 8.89. The van der Waals surface area contributed by atoms with Crippen LogP contribution in [0.15, 0.2) is 25.0 Å². The van der Waals surface area contributed by atoms with Gasteiger partial charge in [0.15, 0.2) is 0 Å². The third-order valence-electron chi connectivity index (χ3n) is 1.91. The fourth-order valence-electron chi connectivity index (χ4n) is 1.19. The molecule has 15 heavy (non-hydrogen) atoms. The second-order valence-electron chi connectivity index (χ2n) is 3.03. The van der Waals surface area contributed by atoms with E-state index in [9.17, 15) is 0 Å². The molecule has 0 aliphatic heterocycles. The van der Waals surface area contributed by atoms with Crippen molar-refractivity contribution in [2.45, 2.75) is 0 Å². The van der Waals surface area contributed by atoms with Crippen molar-refractivity contribution in [1.82, 2.24) is 9.97 Å². The average Bonchev–Trinajstić information content (AvgIpc) is 2.24. The van der Waals surface area contributed by atoms with E-state index in [4.69, 9.17) is 10.5 Å². The van der Waals surface area contributed by atoms with Gasteiger partial charge >= 0.3 is 0 Å². The lowest BCUT2D eigenvalue weighted by Gasteiger charge is -2.21. The molecule has 2 N–H and O–H groups in total. The second-order valence-corrected chi connectivity index (χ2v) is 3.03. The molecule has 0 fully saturated rings. The van der Waals surface area contributed by atoms with Crippen LogP contribution in [0, 0.1) is 0 Å². The number of nitrogen functional groups attached to an aromatic ring is 1. The van der Waals surface area contributed by atoms with E-state index < -0.39 is 0 Å². The number of hydrogen-bond acceptors (Lipinski definition) is 5. The molecule has 1 aromatic rings. The van der Waals surface area contributed by atoms with Crippen LogP contribution >= 0.6 is 0 Å². The van der Waals surface area contributed by atoms with E-state index in [1.54, 1.807) is 13.2 Å². The van der Waals surface area contributed by atoms with Crippen LogP contribution in [-0.2, 0) is 4.74 Å². The van der Waals surface area contributed by atoms with Crippen LogP contribution in [0.25, 0.3) is 0 Å². The molecule has 0 saturated heterocycles. The van der Waals surface area contributed by atoms with Crippen molar-refractivity contribution in [2.24, 2.45) is 0 Å². The fraction of sp³-hybridized carbons (Fsp3) is 0.400. The summed E-state index contributed by atoms with van der Waals surface area (Å²) in [5, 5.41) is 0. The minimum Gasteiger partial charge on any atom is -0.384 e. The van der Waals surface area contributed by atoms with E-state index in [1.807, 2.05) is 11.0 Å². The van der Waals surface area contributed by atoms with E-state index in [0.717, 1.165) is 12.4 Å². The number of methoxy groups -OCH3 is 1. The zero-order chi connectivity index (χ0) is 11.1. The number of hydrogen-bond donors (Lipinski definition) is 1. The fourth-order valence-corrected chi connectivity index (χ4v) is 1.19. The number of nitrogens with two attached hydrogens (primary N) is 1. The van der Waals surface area contributed by atoms with E-state index >= 15 is 0 Å². The summed E-state index contributed by atoms with van der Waals surface area (Å²) in [4.78, 5) is 10.0. The summed E-state index contributed by atoms with van der Waals surface area (Å²) in [7, 11) is 1.67. The quantitative estimate of drug-likeness (QED) is 0.697.